The van der Waals surface area contributed by atoms with Crippen LogP contribution in [-0.2, 0) is 17.6 Å². The van der Waals surface area contributed by atoms with Crippen molar-refractivity contribution in [3.8, 4) is 51.6 Å². The van der Waals surface area contributed by atoms with E-state index >= 15 is 0 Å². The zero-order valence-electron chi connectivity index (χ0n) is 25.1. The molecule has 2 aliphatic rings. The molecular formula is C36H30O10. The van der Waals surface area contributed by atoms with Crippen LogP contribution in [0.5, 0.6) is 40.2 Å². The minimum atomic E-state index is -0.605. The molecule has 1 aromatic heterocycles. The maximum absolute atomic E-state index is 13.4. The van der Waals surface area contributed by atoms with Gasteiger partial charge in [0.15, 0.2) is 28.4 Å². The highest BCUT2D eigenvalue weighted by Crippen LogP contribution is 2.47. The molecule has 2 N–H and O–H groups in total. The molecule has 0 amide bonds. The highest BCUT2D eigenvalue weighted by atomic mass is 16.5. The molecule has 0 bridgehead atoms. The Labute approximate surface area is 263 Å². The Bertz CT molecular complexity index is 2060. The standard InChI is InChI=1S/C36H30O10/c1-41-28-7-5-21(14-24(28)37)30-17-25(38)35-26(39)18-32-34(36(35)46-30)23(16-33(40)45-32)20-4-8-29(42-2)31(15-20)44-11-9-19-3-6-27-22(13-19)10-12-43-27/h3-8,13-15,17-18,23,37,39H,9-12,16H2,1-2H3/t23-/m1/s1. The van der Waals surface area contributed by atoms with Crippen LogP contribution in [0.25, 0.3) is 22.3 Å². The van der Waals surface area contributed by atoms with Gasteiger partial charge in [-0.25, -0.2) is 0 Å². The second-order valence-electron chi connectivity index (χ2n) is 11.2. The van der Waals surface area contributed by atoms with E-state index < -0.39 is 17.3 Å². The third-order valence-corrected chi connectivity index (χ3v) is 8.38. The molecule has 2 aliphatic heterocycles. The number of hydrogen-bond acceptors (Lipinski definition) is 10. The summed E-state index contributed by atoms with van der Waals surface area (Å²) in [6.07, 6.45) is 1.51. The minimum absolute atomic E-state index is 0.0482. The molecular weight excluding hydrogens is 592 g/mol. The Kier molecular flexibility index (Phi) is 7.40. The molecule has 0 radical (unpaired) electrons. The average Bonchev–Trinajstić information content (AvgIpc) is 3.52. The molecule has 7 rings (SSSR count). The van der Waals surface area contributed by atoms with Gasteiger partial charge in [0, 0.05) is 42.0 Å². The van der Waals surface area contributed by atoms with E-state index in [0.717, 1.165) is 17.7 Å². The Morgan fingerprint density at radius 2 is 1.67 bits per heavy atom. The van der Waals surface area contributed by atoms with Crippen LogP contribution >= 0.6 is 0 Å². The molecule has 0 unspecified atom stereocenters. The normalized spacial score (nSPS) is 15.1. The summed E-state index contributed by atoms with van der Waals surface area (Å²) in [6, 6.07) is 18.7. The lowest BCUT2D eigenvalue weighted by molar-refractivity contribution is -0.135. The first kappa shape index (κ1) is 29.1. The van der Waals surface area contributed by atoms with Crippen LogP contribution in [0, 0.1) is 0 Å². The summed E-state index contributed by atoms with van der Waals surface area (Å²) >= 11 is 0. The highest BCUT2D eigenvalue weighted by molar-refractivity contribution is 5.93. The lowest BCUT2D eigenvalue weighted by atomic mass is 9.85. The Morgan fingerprint density at radius 3 is 2.48 bits per heavy atom. The predicted molar refractivity (Wildman–Crippen MR) is 168 cm³/mol. The number of methoxy groups -OCH3 is 2. The van der Waals surface area contributed by atoms with Crippen molar-refractivity contribution in [3.63, 3.8) is 0 Å². The SMILES string of the molecule is COc1ccc(-c2cc(=O)c3c(O)cc4c(c3o2)[C@@H](c2ccc(OC)c(OCCc3ccc5c(c3)CCO5)c2)CC(=O)O4)cc1O. The van der Waals surface area contributed by atoms with Crippen molar-refractivity contribution < 1.29 is 43.1 Å². The number of hydrogen-bond donors (Lipinski definition) is 2. The summed E-state index contributed by atoms with van der Waals surface area (Å²) in [7, 11) is 2.99. The number of esters is 1. The van der Waals surface area contributed by atoms with Crippen LogP contribution in [0.4, 0.5) is 0 Å². The number of carbonyl (C=O) groups is 1. The summed E-state index contributed by atoms with van der Waals surface area (Å²) in [5.41, 5.74) is 3.44. The summed E-state index contributed by atoms with van der Waals surface area (Å²) in [5.74, 6) is 0.807. The number of fused-ring (bicyclic) bond motifs is 4. The number of ether oxygens (including phenoxy) is 5. The first-order valence-electron chi connectivity index (χ1n) is 14.8. The van der Waals surface area contributed by atoms with E-state index in [2.05, 4.69) is 6.07 Å². The Balaban J connectivity index is 1.27. The third kappa shape index (κ3) is 5.21. The molecule has 4 aromatic carbocycles. The van der Waals surface area contributed by atoms with Crippen molar-refractivity contribution in [1.29, 1.82) is 0 Å². The van der Waals surface area contributed by atoms with E-state index in [-0.39, 0.29) is 46.1 Å². The molecule has 1 atom stereocenters. The molecule has 3 heterocycles. The van der Waals surface area contributed by atoms with Gasteiger partial charge in [0.05, 0.1) is 33.9 Å². The van der Waals surface area contributed by atoms with Gasteiger partial charge in [-0.15, -0.1) is 0 Å². The fourth-order valence-corrected chi connectivity index (χ4v) is 6.13. The fraction of sp³-hybridized carbons (Fsp3) is 0.222. The minimum Gasteiger partial charge on any atom is -0.507 e. The van der Waals surface area contributed by atoms with E-state index in [1.54, 1.807) is 25.3 Å². The van der Waals surface area contributed by atoms with E-state index in [1.165, 1.54) is 30.9 Å². The molecule has 46 heavy (non-hydrogen) atoms. The number of carbonyl (C=O) groups excluding carboxylic acids is 1. The molecule has 10 nitrogen and oxygen atoms in total. The molecule has 0 fully saturated rings. The fourth-order valence-electron chi connectivity index (χ4n) is 6.13. The Hall–Kier alpha value is -5.64. The van der Waals surface area contributed by atoms with Crippen LogP contribution in [0.3, 0.4) is 0 Å². The quantitative estimate of drug-likeness (QED) is 0.159. The monoisotopic (exact) mass is 622 g/mol. The van der Waals surface area contributed by atoms with Gasteiger partial charge in [-0.2, -0.15) is 0 Å². The molecule has 10 heteroatoms. The van der Waals surface area contributed by atoms with Crippen LogP contribution in [-0.4, -0.2) is 43.6 Å². The van der Waals surface area contributed by atoms with Gasteiger partial charge in [0.25, 0.3) is 0 Å². The van der Waals surface area contributed by atoms with Gasteiger partial charge in [0.2, 0.25) is 0 Å². The van der Waals surface area contributed by atoms with Crippen LogP contribution in [0.2, 0.25) is 0 Å². The second kappa shape index (κ2) is 11.7. The predicted octanol–water partition coefficient (Wildman–Crippen LogP) is 5.89. The van der Waals surface area contributed by atoms with E-state index in [4.69, 9.17) is 28.1 Å². The van der Waals surface area contributed by atoms with E-state index in [0.29, 0.717) is 47.8 Å². The van der Waals surface area contributed by atoms with Crippen molar-refractivity contribution in [3.05, 3.63) is 99.2 Å². The molecule has 5 aromatic rings. The lowest BCUT2D eigenvalue weighted by Gasteiger charge is -2.26. The maximum atomic E-state index is 13.4. The first-order valence-corrected chi connectivity index (χ1v) is 14.8. The summed E-state index contributed by atoms with van der Waals surface area (Å²) in [4.78, 5) is 26.2. The Morgan fingerprint density at radius 1 is 0.848 bits per heavy atom. The van der Waals surface area contributed by atoms with Gasteiger partial charge in [0.1, 0.15) is 34.0 Å². The highest BCUT2D eigenvalue weighted by Gasteiger charge is 2.34. The molecule has 0 saturated carbocycles. The van der Waals surface area contributed by atoms with Gasteiger partial charge < -0.3 is 38.3 Å². The van der Waals surface area contributed by atoms with Crippen LogP contribution in [0.15, 0.2) is 75.9 Å². The van der Waals surface area contributed by atoms with Gasteiger partial charge in [-0.1, -0.05) is 18.2 Å². The van der Waals surface area contributed by atoms with Crippen LogP contribution in [0.1, 0.15) is 34.6 Å². The number of benzene rings is 4. The van der Waals surface area contributed by atoms with E-state index in [9.17, 15) is 19.8 Å². The van der Waals surface area contributed by atoms with Gasteiger partial charge >= 0.3 is 5.97 Å². The summed E-state index contributed by atoms with van der Waals surface area (Å²) in [5, 5.41) is 21.1. The number of phenolic OH excluding ortho intramolecular Hbond substituents is 2. The lowest BCUT2D eigenvalue weighted by Crippen LogP contribution is -2.22. The van der Waals surface area contributed by atoms with Crippen molar-refractivity contribution in [1.82, 2.24) is 0 Å². The summed E-state index contributed by atoms with van der Waals surface area (Å²) in [6.45, 7) is 1.08. The van der Waals surface area contributed by atoms with E-state index in [1.807, 2.05) is 24.3 Å². The van der Waals surface area contributed by atoms with Gasteiger partial charge in [-0.05, 0) is 53.1 Å². The molecule has 0 saturated heterocycles. The number of aromatic hydroxyl groups is 2. The third-order valence-electron chi connectivity index (χ3n) is 8.38. The van der Waals surface area contributed by atoms with Crippen molar-refractivity contribution in [2.75, 3.05) is 27.4 Å². The van der Waals surface area contributed by atoms with Crippen molar-refractivity contribution in [2.45, 2.75) is 25.2 Å². The largest absolute Gasteiger partial charge is 0.507 e. The van der Waals surface area contributed by atoms with Crippen LogP contribution < -0.4 is 29.1 Å². The first-order chi connectivity index (χ1) is 22.3. The van der Waals surface area contributed by atoms with Gasteiger partial charge in [-0.3, -0.25) is 9.59 Å². The second-order valence-corrected chi connectivity index (χ2v) is 11.2. The summed E-state index contributed by atoms with van der Waals surface area (Å²) < 4.78 is 34.4. The maximum Gasteiger partial charge on any atom is 0.312 e. The van der Waals surface area contributed by atoms with Crippen molar-refractivity contribution in [2.24, 2.45) is 0 Å². The average molecular weight is 623 g/mol. The molecule has 0 aliphatic carbocycles. The molecule has 0 spiro atoms. The smallest absolute Gasteiger partial charge is 0.312 e. The van der Waals surface area contributed by atoms with Crippen molar-refractivity contribution >= 4 is 16.9 Å². The number of rotatable bonds is 8. The topological polar surface area (TPSA) is 134 Å². The zero-order valence-corrected chi connectivity index (χ0v) is 25.1. The number of phenols is 2. The molecule has 234 valence electrons. The zero-order chi connectivity index (χ0) is 31.9.